The van der Waals surface area contributed by atoms with Crippen molar-refractivity contribution in [3.8, 4) is 0 Å². The molecule has 8 nitrogen and oxygen atoms in total. The SMILES string of the molecule is CN(C)C(=O)OCC1OC2SC(N(C)C)=NC2C(O)C1O. The number of carbonyl (C=O) groups excluding carboxylic acids is 1. The van der Waals surface area contributed by atoms with Gasteiger partial charge in [-0.15, -0.1) is 0 Å². The van der Waals surface area contributed by atoms with Crippen molar-refractivity contribution in [2.75, 3.05) is 34.8 Å². The van der Waals surface area contributed by atoms with Gasteiger partial charge in [-0.25, -0.2) is 4.79 Å². The molecule has 1 saturated heterocycles. The van der Waals surface area contributed by atoms with Crippen molar-refractivity contribution in [2.24, 2.45) is 4.99 Å². The Kier molecular flexibility index (Phi) is 4.97. The van der Waals surface area contributed by atoms with E-state index in [9.17, 15) is 15.0 Å². The van der Waals surface area contributed by atoms with Crippen LogP contribution in [0.1, 0.15) is 0 Å². The number of hydrogen-bond acceptors (Lipinski definition) is 8. The molecule has 0 radical (unpaired) electrons. The number of amides is 1. The second-order valence-corrected chi connectivity index (χ2v) is 6.48. The van der Waals surface area contributed by atoms with E-state index in [1.807, 2.05) is 19.0 Å². The molecule has 2 rings (SSSR count). The van der Waals surface area contributed by atoms with Crippen LogP contribution in [0, 0.1) is 0 Å². The summed E-state index contributed by atoms with van der Waals surface area (Å²) in [6, 6.07) is -0.511. The summed E-state index contributed by atoms with van der Waals surface area (Å²) in [6.45, 7) is -0.115. The first-order chi connectivity index (χ1) is 9.81. The minimum Gasteiger partial charge on any atom is -0.447 e. The fourth-order valence-corrected chi connectivity index (χ4v) is 3.21. The van der Waals surface area contributed by atoms with Crippen molar-refractivity contribution < 1.29 is 24.5 Å². The van der Waals surface area contributed by atoms with Crippen LogP contribution in [-0.2, 0) is 9.47 Å². The van der Waals surface area contributed by atoms with Crippen molar-refractivity contribution in [3.63, 3.8) is 0 Å². The van der Waals surface area contributed by atoms with Crippen LogP contribution in [-0.4, -0.2) is 95.9 Å². The van der Waals surface area contributed by atoms with Crippen LogP contribution in [0.5, 0.6) is 0 Å². The third-order valence-electron chi connectivity index (χ3n) is 3.27. The lowest BCUT2D eigenvalue weighted by Gasteiger charge is -2.37. The predicted octanol–water partition coefficient (Wildman–Crippen LogP) is -0.836. The van der Waals surface area contributed by atoms with Crippen molar-refractivity contribution >= 4 is 23.0 Å². The van der Waals surface area contributed by atoms with Crippen LogP contribution in [0.15, 0.2) is 4.99 Å². The molecule has 0 aromatic heterocycles. The van der Waals surface area contributed by atoms with Gasteiger partial charge in [-0.1, -0.05) is 11.8 Å². The third-order valence-corrected chi connectivity index (χ3v) is 4.57. The minimum absolute atomic E-state index is 0.115. The van der Waals surface area contributed by atoms with E-state index in [0.29, 0.717) is 0 Å². The summed E-state index contributed by atoms with van der Waals surface area (Å²) in [5.74, 6) is 0. The summed E-state index contributed by atoms with van der Waals surface area (Å²) >= 11 is 1.38. The topological polar surface area (TPSA) is 94.8 Å². The zero-order valence-electron chi connectivity index (χ0n) is 12.5. The van der Waals surface area contributed by atoms with E-state index in [0.717, 1.165) is 5.17 Å². The average Bonchev–Trinajstić information content (AvgIpc) is 2.85. The lowest BCUT2D eigenvalue weighted by molar-refractivity contribution is -0.165. The van der Waals surface area contributed by atoms with E-state index in [4.69, 9.17) is 9.47 Å². The zero-order valence-corrected chi connectivity index (χ0v) is 13.3. The number of amidine groups is 1. The maximum atomic E-state index is 11.4. The fourth-order valence-electron chi connectivity index (χ4n) is 2.05. The standard InChI is InChI=1S/C12H21N3O5S/c1-14(2)11-13-7-9(17)8(16)6(20-10(7)21-11)5-19-12(18)15(3)4/h6-10,16-17H,5H2,1-4H3. The molecule has 5 atom stereocenters. The Hall–Kier alpha value is -1.03. The molecule has 0 aromatic rings. The Labute approximate surface area is 127 Å². The molecule has 0 aromatic carbocycles. The van der Waals surface area contributed by atoms with Gasteiger partial charge >= 0.3 is 6.09 Å². The molecule has 2 aliphatic rings. The first kappa shape index (κ1) is 16.3. The molecular weight excluding hydrogens is 298 g/mol. The van der Waals surface area contributed by atoms with Gasteiger partial charge in [0.1, 0.15) is 36.4 Å². The smallest absolute Gasteiger partial charge is 0.409 e. The number of thioether (sulfide) groups is 1. The lowest BCUT2D eigenvalue weighted by Crippen LogP contribution is -2.56. The third kappa shape index (κ3) is 3.42. The van der Waals surface area contributed by atoms with Gasteiger partial charge in [0.2, 0.25) is 0 Å². The molecule has 120 valence electrons. The van der Waals surface area contributed by atoms with Crippen molar-refractivity contribution in [2.45, 2.75) is 29.8 Å². The van der Waals surface area contributed by atoms with Crippen LogP contribution in [0.2, 0.25) is 0 Å². The number of aliphatic imine (C=N–C) groups is 1. The average molecular weight is 319 g/mol. The van der Waals surface area contributed by atoms with Crippen LogP contribution >= 0.6 is 11.8 Å². The van der Waals surface area contributed by atoms with E-state index in [2.05, 4.69) is 4.99 Å². The Balaban J connectivity index is 1.98. The Morgan fingerprint density at radius 3 is 2.57 bits per heavy atom. The molecule has 2 aliphatic heterocycles. The molecule has 9 heteroatoms. The monoisotopic (exact) mass is 319 g/mol. The number of nitrogens with zero attached hydrogens (tertiary/aromatic N) is 3. The molecule has 0 spiro atoms. The van der Waals surface area contributed by atoms with Gasteiger partial charge in [0.15, 0.2) is 5.17 Å². The summed E-state index contributed by atoms with van der Waals surface area (Å²) < 4.78 is 10.7. The van der Waals surface area contributed by atoms with Gasteiger partial charge < -0.3 is 29.5 Å². The highest BCUT2D eigenvalue weighted by Gasteiger charge is 2.48. The summed E-state index contributed by atoms with van der Waals surface area (Å²) in [5, 5.41) is 21.0. The molecule has 0 saturated carbocycles. The molecule has 1 fully saturated rings. The van der Waals surface area contributed by atoms with Gasteiger partial charge in [-0.3, -0.25) is 4.99 Å². The fraction of sp³-hybridized carbons (Fsp3) is 0.833. The summed E-state index contributed by atoms with van der Waals surface area (Å²) in [4.78, 5) is 18.9. The van der Waals surface area contributed by atoms with E-state index < -0.39 is 30.4 Å². The van der Waals surface area contributed by atoms with E-state index in [1.54, 1.807) is 14.1 Å². The molecular formula is C12H21N3O5S. The number of fused-ring (bicyclic) bond motifs is 1. The Morgan fingerprint density at radius 1 is 1.33 bits per heavy atom. The molecule has 2 N–H and O–H groups in total. The zero-order chi connectivity index (χ0) is 15.7. The predicted molar refractivity (Wildman–Crippen MR) is 78.2 cm³/mol. The van der Waals surface area contributed by atoms with E-state index >= 15 is 0 Å². The van der Waals surface area contributed by atoms with Gasteiger partial charge in [0.05, 0.1) is 0 Å². The number of rotatable bonds is 2. The van der Waals surface area contributed by atoms with Crippen LogP contribution in [0.3, 0.4) is 0 Å². The molecule has 1 amide bonds. The molecule has 0 bridgehead atoms. The second-order valence-electron chi connectivity index (χ2n) is 5.41. The normalized spacial score (nSPS) is 35.0. The number of aliphatic hydroxyl groups excluding tert-OH is 2. The van der Waals surface area contributed by atoms with Crippen LogP contribution in [0.4, 0.5) is 4.79 Å². The number of hydrogen-bond donors (Lipinski definition) is 2. The largest absolute Gasteiger partial charge is 0.447 e. The summed E-state index contributed by atoms with van der Waals surface area (Å²) in [7, 11) is 6.83. The summed E-state index contributed by atoms with van der Waals surface area (Å²) in [5.41, 5.74) is -0.385. The molecule has 21 heavy (non-hydrogen) atoms. The van der Waals surface area contributed by atoms with Gasteiger partial charge in [0, 0.05) is 28.2 Å². The number of ether oxygens (including phenoxy) is 2. The maximum Gasteiger partial charge on any atom is 0.409 e. The number of carbonyl (C=O) groups is 1. The van der Waals surface area contributed by atoms with Crippen LogP contribution in [0.25, 0.3) is 0 Å². The Bertz CT molecular complexity index is 431. The highest BCUT2D eigenvalue weighted by Crippen LogP contribution is 2.37. The maximum absolute atomic E-state index is 11.4. The molecule has 2 heterocycles. The van der Waals surface area contributed by atoms with Gasteiger partial charge in [-0.2, -0.15) is 0 Å². The minimum atomic E-state index is -1.15. The number of aliphatic hydroxyl groups is 2. The summed E-state index contributed by atoms with van der Waals surface area (Å²) in [6.07, 6.45) is -3.48. The van der Waals surface area contributed by atoms with Gasteiger partial charge in [-0.05, 0) is 0 Å². The highest BCUT2D eigenvalue weighted by atomic mass is 32.2. The molecule has 5 unspecified atom stereocenters. The lowest BCUT2D eigenvalue weighted by atomic mass is 9.99. The van der Waals surface area contributed by atoms with Crippen molar-refractivity contribution in [1.82, 2.24) is 9.80 Å². The quantitative estimate of drug-likeness (QED) is 0.685. The van der Waals surface area contributed by atoms with E-state index in [1.165, 1.54) is 16.7 Å². The van der Waals surface area contributed by atoms with Crippen molar-refractivity contribution in [3.05, 3.63) is 0 Å². The highest BCUT2D eigenvalue weighted by molar-refractivity contribution is 8.14. The second kappa shape index (κ2) is 6.39. The van der Waals surface area contributed by atoms with E-state index in [-0.39, 0.29) is 12.0 Å². The van der Waals surface area contributed by atoms with Crippen molar-refractivity contribution in [1.29, 1.82) is 0 Å². The first-order valence-electron chi connectivity index (χ1n) is 6.58. The van der Waals surface area contributed by atoms with Gasteiger partial charge in [0.25, 0.3) is 0 Å². The molecule has 0 aliphatic carbocycles. The van der Waals surface area contributed by atoms with Crippen LogP contribution < -0.4 is 0 Å². The first-order valence-corrected chi connectivity index (χ1v) is 7.46. The Morgan fingerprint density at radius 2 is 2.00 bits per heavy atom.